The number of esters is 1. The first-order valence-corrected chi connectivity index (χ1v) is 10.5. The van der Waals surface area contributed by atoms with Gasteiger partial charge in [0.25, 0.3) is 0 Å². The smallest absolute Gasteiger partial charge is 0.328 e. The number of benzene rings is 1. The highest BCUT2D eigenvalue weighted by atomic mass is 16.5. The summed E-state index contributed by atoms with van der Waals surface area (Å²) in [6.45, 7) is 3.88. The van der Waals surface area contributed by atoms with Gasteiger partial charge in [-0.2, -0.15) is 0 Å². The summed E-state index contributed by atoms with van der Waals surface area (Å²) in [7, 11) is 3.31. The molecule has 0 aliphatic carbocycles. The van der Waals surface area contributed by atoms with E-state index in [9.17, 15) is 9.59 Å². The van der Waals surface area contributed by atoms with Crippen molar-refractivity contribution in [1.82, 2.24) is 9.80 Å². The number of hydrogen-bond donors (Lipinski definition) is 0. The van der Waals surface area contributed by atoms with Gasteiger partial charge in [-0.15, -0.1) is 0 Å². The summed E-state index contributed by atoms with van der Waals surface area (Å²) in [5, 5.41) is 0. The molecule has 2 atom stereocenters. The Labute approximate surface area is 172 Å². The first-order chi connectivity index (χ1) is 14.1. The van der Waals surface area contributed by atoms with Gasteiger partial charge in [-0.1, -0.05) is 0 Å². The predicted octanol–water partition coefficient (Wildman–Crippen LogP) is 2.78. The van der Waals surface area contributed by atoms with Gasteiger partial charge in [0.15, 0.2) is 0 Å². The van der Waals surface area contributed by atoms with E-state index in [1.807, 2.05) is 18.2 Å². The number of methoxy groups -OCH3 is 2. The third-order valence-electron chi connectivity index (χ3n) is 5.88. The van der Waals surface area contributed by atoms with Crippen LogP contribution in [0.4, 0.5) is 0 Å². The van der Waals surface area contributed by atoms with Crippen LogP contribution in [0.25, 0.3) is 0 Å². The summed E-state index contributed by atoms with van der Waals surface area (Å²) >= 11 is 0. The van der Waals surface area contributed by atoms with Gasteiger partial charge in [0.1, 0.15) is 17.5 Å². The summed E-state index contributed by atoms with van der Waals surface area (Å²) in [6, 6.07) is 5.42. The van der Waals surface area contributed by atoms with E-state index >= 15 is 0 Å². The largest absolute Gasteiger partial charge is 0.497 e. The molecule has 0 spiro atoms. The Balaban J connectivity index is 1.75. The molecule has 0 N–H and O–H groups in total. The Morgan fingerprint density at radius 1 is 1.07 bits per heavy atom. The van der Waals surface area contributed by atoms with Gasteiger partial charge >= 0.3 is 5.97 Å². The molecule has 2 saturated heterocycles. The molecule has 160 valence electrons. The molecule has 2 unspecified atom stereocenters. The van der Waals surface area contributed by atoms with Crippen molar-refractivity contribution in [3.63, 3.8) is 0 Å². The molecule has 1 aromatic carbocycles. The fourth-order valence-electron chi connectivity index (χ4n) is 4.45. The molecule has 2 aliphatic heterocycles. The molecule has 1 amide bonds. The maximum atomic E-state index is 13.1. The fraction of sp³-hybridized carbons (Fsp3) is 0.636. The topological polar surface area (TPSA) is 68.3 Å². The van der Waals surface area contributed by atoms with Gasteiger partial charge in [0, 0.05) is 18.2 Å². The van der Waals surface area contributed by atoms with Crippen LogP contribution in [0.5, 0.6) is 11.5 Å². The number of amides is 1. The lowest BCUT2D eigenvalue weighted by Gasteiger charge is -2.36. The minimum atomic E-state index is -0.455. The summed E-state index contributed by atoms with van der Waals surface area (Å²) in [5.41, 5.74) is 1.04. The molecule has 0 radical (unpaired) electrons. The zero-order valence-electron chi connectivity index (χ0n) is 17.7. The molecule has 2 heterocycles. The Kier molecular flexibility index (Phi) is 7.36. The van der Waals surface area contributed by atoms with E-state index < -0.39 is 6.04 Å². The molecule has 0 bridgehead atoms. The normalized spacial score (nSPS) is 22.4. The van der Waals surface area contributed by atoms with Gasteiger partial charge in [-0.25, -0.2) is 4.79 Å². The van der Waals surface area contributed by atoms with Gasteiger partial charge < -0.3 is 19.1 Å². The van der Waals surface area contributed by atoms with Crippen LogP contribution in [-0.4, -0.2) is 68.2 Å². The molecule has 2 fully saturated rings. The number of carbonyl (C=O) groups excluding carboxylic acids is 2. The summed E-state index contributed by atoms with van der Waals surface area (Å²) in [5.74, 6) is 1.29. The fourth-order valence-corrected chi connectivity index (χ4v) is 4.45. The van der Waals surface area contributed by atoms with E-state index in [4.69, 9.17) is 14.2 Å². The van der Waals surface area contributed by atoms with Gasteiger partial charge in [0.2, 0.25) is 5.91 Å². The minimum absolute atomic E-state index is 0.00323. The quantitative estimate of drug-likeness (QED) is 0.651. The number of carbonyl (C=O) groups is 2. The summed E-state index contributed by atoms with van der Waals surface area (Å²) < 4.78 is 16.2. The van der Waals surface area contributed by atoms with Crippen molar-refractivity contribution in [2.75, 3.05) is 40.5 Å². The first kappa shape index (κ1) is 21.4. The zero-order valence-corrected chi connectivity index (χ0v) is 17.7. The van der Waals surface area contributed by atoms with Crippen LogP contribution in [0.15, 0.2) is 18.2 Å². The van der Waals surface area contributed by atoms with E-state index in [2.05, 4.69) is 4.90 Å². The lowest BCUT2D eigenvalue weighted by molar-refractivity contribution is -0.157. The second kappa shape index (κ2) is 9.96. The number of ether oxygens (including phenoxy) is 3. The number of rotatable bonds is 7. The van der Waals surface area contributed by atoms with Crippen LogP contribution in [0.1, 0.15) is 50.6 Å². The van der Waals surface area contributed by atoms with E-state index in [1.165, 1.54) is 0 Å². The highest BCUT2D eigenvalue weighted by Gasteiger charge is 2.36. The van der Waals surface area contributed by atoms with Crippen molar-refractivity contribution in [3.05, 3.63) is 23.8 Å². The number of likely N-dealkylation sites (tertiary alicyclic amines) is 2. The van der Waals surface area contributed by atoms with Crippen LogP contribution in [0, 0.1) is 0 Å². The molecule has 29 heavy (non-hydrogen) atoms. The second-order valence-corrected chi connectivity index (χ2v) is 7.59. The van der Waals surface area contributed by atoms with Crippen molar-refractivity contribution in [2.45, 2.75) is 51.1 Å². The Morgan fingerprint density at radius 2 is 1.90 bits per heavy atom. The second-order valence-electron chi connectivity index (χ2n) is 7.59. The van der Waals surface area contributed by atoms with Gasteiger partial charge in [0.05, 0.1) is 27.4 Å². The molecule has 3 rings (SSSR count). The molecule has 7 nitrogen and oxygen atoms in total. The molecule has 2 aliphatic rings. The number of hydrogen-bond acceptors (Lipinski definition) is 6. The lowest BCUT2D eigenvalue weighted by Crippen LogP contribution is -2.51. The summed E-state index contributed by atoms with van der Waals surface area (Å²) in [4.78, 5) is 29.4. The molecule has 0 saturated carbocycles. The van der Waals surface area contributed by atoms with Crippen molar-refractivity contribution < 1.29 is 23.8 Å². The molecule has 0 aromatic heterocycles. The molecule has 7 heteroatoms. The Hall–Kier alpha value is -2.28. The monoisotopic (exact) mass is 404 g/mol. The Morgan fingerprint density at radius 3 is 2.62 bits per heavy atom. The van der Waals surface area contributed by atoms with E-state index in [-0.39, 0.29) is 17.9 Å². The highest BCUT2D eigenvalue weighted by molar-refractivity contribution is 5.86. The zero-order chi connectivity index (χ0) is 20.8. The third kappa shape index (κ3) is 4.83. The van der Waals surface area contributed by atoms with Crippen molar-refractivity contribution in [1.29, 1.82) is 0 Å². The van der Waals surface area contributed by atoms with Crippen LogP contribution in [-0.2, 0) is 14.3 Å². The third-order valence-corrected chi connectivity index (χ3v) is 5.88. The van der Waals surface area contributed by atoms with Gasteiger partial charge in [-0.05, 0) is 63.8 Å². The molecular formula is C22H32N2O5. The maximum Gasteiger partial charge on any atom is 0.328 e. The summed E-state index contributed by atoms with van der Waals surface area (Å²) in [6.07, 6.45) is 4.52. The predicted molar refractivity (Wildman–Crippen MR) is 109 cm³/mol. The van der Waals surface area contributed by atoms with E-state index in [0.717, 1.165) is 49.3 Å². The van der Waals surface area contributed by atoms with E-state index in [0.29, 0.717) is 26.1 Å². The van der Waals surface area contributed by atoms with Gasteiger partial charge in [-0.3, -0.25) is 9.69 Å². The SMILES string of the molecule is CCOC(=O)C1CCCCN1C(=O)CN1CCCC1c1cc(OC)ccc1OC. The minimum Gasteiger partial charge on any atom is -0.497 e. The van der Waals surface area contributed by atoms with Crippen molar-refractivity contribution in [2.24, 2.45) is 0 Å². The Bertz CT molecular complexity index is 723. The highest BCUT2D eigenvalue weighted by Crippen LogP contribution is 2.38. The van der Waals surface area contributed by atoms with Crippen LogP contribution in [0.2, 0.25) is 0 Å². The first-order valence-electron chi connectivity index (χ1n) is 10.5. The van der Waals surface area contributed by atoms with Crippen LogP contribution >= 0.6 is 0 Å². The van der Waals surface area contributed by atoms with Crippen molar-refractivity contribution in [3.8, 4) is 11.5 Å². The maximum absolute atomic E-state index is 13.1. The number of nitrogens with zero attached hydrogens (tertiary/aromatic N) is 2. The van der Waals surface area contributed by atoms with Crippen LogP contribution < -0.4 is 9.47 Å². The van der Waals surface area contributed by atoms with Crippen molar-refractivity contribution >= 4 is 11.9 Å². The standard InChI is InChI=1S/C22H32N2O5/c1-4-29-22(26)19-8-5-6-13-24(19)21(25)15-23-12-7-9-18(23)17-14-16(27-2)10-11-20(17)28-3/h10-11,14,18-19H,4-9,12-13,15H2,1-3H3. The molecule has 1 aromatic rings. The molecular weight excluding hydrogens is 372 g/mol. The van der Waals surface area contributed by atoms with Crippen LogP contribution in [0.3, 0.4) is 0 Å². The van der Waals surface area contributed by atoms with E-state index in [1.54, 1.807) is 26.0 Å². The average Bonchev–Trinajstić information content (AvgIpc) is 3.21. The lowest BCUT2D eigenvalue weighted by atomic mass is 10.0. The number of piperidine rings is 1. The average molecular weight is 405 g/mol.